The third kappa shape index (κ3) is 66.7. The Labute approximate surface area is 562 Å². The van der Waals surface area contributed by atoms with Crippen LogP contribution in [0.3, 0.4) is 0 Å². The lowest BCUT2D eigenvalue weighted by Gasteiger charge is -2.21. The van der Waals surface area contributed by atoms with Gasteiger partial charge < -0.3 is 33.8 Å². The molecule has 0 saturated carbocycles. The number of hydrogen-bond donors (Lipinski definition) is 3. The third-order valence-corrected chi connectivity index (χ3v) is 18.9. The Hall–Kier alpha value is -1.94. The molecular formula is C73H142O17P2. The van der Waals surface area contributed by atoms with E-state index >= 15 is 0 Å². The Kier molecular flexibility index (Phi) is 63.7. The molecule has 0 radical (unpaired) electrons. The molecule has 0 amide bonds. The highest BCUT2D eigenvalue weighted by molar-refractivity contribution is 7.47. The van der Waals surface area contributed by atoms with Crippen molar-refractivity contribution in [2.75, 3.05) is 39.6 Å². The van der Waals surface area contributed by atoms with Gasteiger partial charge in [0.25, 0.3) is 0 Å². The van der Waals surface area contributed by atoms with Crippen LogP contribution in [-0.4, -0.2) is 96.7 Å². The van der Waals surface area contributed by atoms with Gasteiger partial charge in [-0.2, -0.15) is 0 Å². The first-order valence-electron chi connectivity index (χ1n) is 38.0. The Bertz CT molecular complexity index is 1790. The average molecular weight is 1350 g/mol. The molecule has 0 heterocycles. The number of aliphatic hydroxyl groups is 1. The van der Waals surface area contributed by atoms with Crippen molar-refractivity contribution in [3.8, 4) is 0 Å². The second-order valence-corrected chi connectivity index (χ2v) is 30.2. The van der Waals surface area contributed by atoms with Crippen LogP contribution >= 0.6 is 15.6 Å². The summed E-state index contributed by atoms with van der Waals surface area (Å²) < 4.78 is 68.1. The summed E-state index contributed by atoms with van der Waals surface area (Å²) in [5.74, 6) is -0.648. The summed E-state index contributed by atoms with van der Waals surface area (Å²) >= 11 is 0. The zero-order chi connectivity index (χ0) is 67.9. The lowest BCUT2D eigenvalue weighted by Crippen LogP contribution is -2.30. The molecule has 0 spiro atoms. The number of aliphatic hydroxyl groups excluding tert-OH is 1. The van der Waals surface area contributed by atoms with Gasteiger partial charge in [0.05, 0.1) is 26.4 Å². The van der Waals surface area contributed by atoms with Gasteiger partial charge in [0.15, 0.2) is 12.2 Å². The normalized spacial score (nSPS) is 14.1. The van der Waals surface area contributed by atoms with Gasteiger partial charge in [-0.1, -0.05) is 324 Å². The highest BCUT2D eigenvalue weighted by Gasteiger charge is 2.30. The number of carbonyl (C=O) groups is 4. The van der Waals surface area contributed by atoms with Crippen LogP contribution in [0.4, 0.5) is 0 Å². The van der Waals surface area contributed by atoms with Crippen molar-refractivity contribution >= 4 is 39.5 Å². The van der Waals surface area contributed by atoms with Gasteiger partial charge in [0, 0.05) is 25.7 Å². The highest BCUT2D eigenvalue weighted by Crippen LogP contribution is 2.45. The van der Waals surface area contributed by atoms with Crippen molar-refractivity contribution in [2.45, 2.75) is 394 Å². The van der Waals surface area contributed by atoms with E-state index in [1.54, 1.807) is 0 Å². The van der Waals surface area contributed by atoms with Crippen LogP contribution in [0.15, 0.2) is 0 Å². The fourth-order valence-electron chi connectivity index (χ4n) is 11.1. The molecule has 0 saturated heterocycles. The largest absolute Gasteiger partial charge is 0.472 e. The van der Waals surface area contributed by atoms with Gasteiger partial charge >= 0.3 is 39.5 Å². The second kappa shape index (κ2) is 65.0. The zero-order valence-electron chi connectivity index (χ0n) is 59.9. The molecule has 0 aromatic rings. The zero-order valence-corrected chi connectivity index (χ0v) is 61.6. The standard InChI is InChI=1S/C73H142O17P2/c1-7-9-11-13-14-15-16-17-18-19-20-21-22-23-24-27-31-34-39-45-51-57-72(77)90-69(62-84-71(76)56-50-44-38-33-30-28-25-26-29-32-36-42-47-53-65(3)4)64-88-92(81,82)86-60-67(74)59-85-91(79,80)87-63-68(61-83-70(75)55-49-41-12-10-8-2)89-73(78)58-52-46-40-35-37-43-48-54-66(5)6/h65-69,74H,7-64H2,1-6H3,(H,79,80)(H,81,82)/t67-,68+,69+/m0/s1. The van der Waals surface area contributed by atoms with Gasteiger partial charge in [-0.3, -0.25) is 37.3 Å². The molecule has 3 N–H and O–H groups in total. The van der Waals surface area contributed by atoms with Crippen LogP contribution in [0, 0.1) is 11.8 Å². The number of phosphoric ester groups is 2. The molecule has 17 nitrogen and oxygen atoms in total. The Morgan fingerprint density at radius 3 is 0.739 bits per heavy atom. The van der Waals surface area contributed by atoms with Crippen LogP contribution in [0.1, 0.15) is 375 Å². The van der Waals surface area contributed by atoms with E-state index in [0.717, 1.165) is 102 Å². The molecule has 0 aromatic carbocycles. The number of phosphoric acid groups is 2. The second-order valence-electron chi connectivity index (χ2n) is 27.3. The molecule has 0 aliphatic rings. The van der Waals surface area contributed by atoms with Crippen LogP contribution in [0.2, 0.25) is 0 Å². The van der Waals surface area contributed by atoms with Gasteiger partial charge in [-0.25, -0.2) is 9.13 Å². The fraction of sp³-hybridized carbons (Fsp3) is 0.945. The molecule has 19 heteroatoms. The Morgan fingerprint density at radius 1 is 0.293 bits per heavy atom. The topological polar surface area (TPSA) is 237 Å². The quantitative estimate of drug-likeness (QED) is 0.0222. The number of carbonyl (C=O) groups excluding carboxylic acids is 4. The smallest absolute Gasteiger partial charge is 0.462 e. The summed E-state index contributed by atoms with van der Waals surface area (Å²) in [4.78, 5) is 72.3. The van der Waals surface area contributed by atoms with Crippen LogP contribution in [0.5, 0.6) is 0 Å². The Morgan fingerprint density at radius 2 is 0.500 bits per heavy atom. The maximum Gasteiger partial charge on any atom is 0.472 e. The molecule has 0 aliphatic carbocycles. The summed E-state index contributed by atoms with van der Waals surface area (Å²) in [6.45, 7) is 9.43. The van der Waals surface area contributed by atoms with Gasteiger partial charge in [0.2, 0.25) is 0 Å². The third-order valence-electron chi connectivity index (χ3n) is 17.0. The van der Waals surface area contributed by atoms with E-state index in [-0.39, 0.29) is 25.7 Å². The fourth-order valence-corrected chi connectivity index (χ4v) is 12.7. The van der Waals surface area contributed by atoms with Crippen molar-refractivity contribution in [1.29, 1.82) is 0 Å². The highest BCUT2D eigenvalue weighted by atomic mass is 31.2. The molecule has 92 heavy (non-hydrogen) atoms. The molecule has 0 fully saturated rings. The first-order valence-corrected chi connectivity index (χ1v) is 41.0. The van der Waals surface area contributed by atoms with Crippen LogP contribution in [-0.2, 0) is 65.4 Å². The van der Waals surface area contributed by atoms with Crippen molar-refractivity contribution in [2.24, 2.45) is 11.8 Å². The summed E-state index contributed by atoms with van der Waals surface area (Å²) in [5, 5.41) is 10.6. The molecule has 0 bridgehead atoms. The van der Waals surface area contributed by atoms with Crippen molar-refractivity contribution in [3.63, 3.8) is 0 Å². The van der Waals surface area contributed by atoms with E-state index in [1.807, 2.05) is 0 Å². The average Bonchev–Trinajstić information content (AvgIpc) is 1.47. The first-order chi connectivity index (χ1) is 44.4. The van der Waals surface area contributed by atoms with Crippen molar-refractivity contribution in [3.05, 3.63) is 0 Å². The van der Waals surface area contributed by atoms with E-state index < -0.39 is 97.5 Å². The number of rotatable bonds is 72. The van der Waals surface area contributed by atoms with E-state index in [0.29, 0.717) is 31.6 Å². The van der Waals surface area contributed by atoms with Crippen LogP contribution in [0.25, 0.3) is 0 Å². The Balaban J connectivity index is 5.12. The van der Waals surface area contributed by atoms with Crippen LogP contribution < -0.4 is 0 Å². The lowest BCUT2D eigenvalue weighted by molar-refractivity contribution is -0.161. The summed E-state index contributed by atoms with van der Waals surface area (Å²) in [5.41, 5.74) is 0. The predicted octanol–water partition coefficient (Wildman–Crippen LogP) is 21.2. The first kappa shape index (κ1) is 90.1. The van der Waals surface area contributed by atoms with Gasteiger partial charge in [-0.15, -0.1) is 0 Å². The molecule has 0 aromatic heterocycles. The molecule has 0 aliphatic heterocycles. The summed E-state index contributed by atoms with van der Waals surface area (Å²) in [6.07, 6.45) is 52.0. The maximum absolute atomic E-state index is 13.1. The molecule has 0 rings (SSSR count). The number of esters is 4. The lowest BCUT2D eigenvalue weighted by atomic mass is 10.0. The molecule has 546 valence electrons. The minimum absolute atomic E-state index is 0.103. The predicted molar refractivity (Wildman–Crippen MR) is 372 cm³/mol. The maximum atomic E-state index is 13.1. The monoisotopic (exact) mass is 1350 g/mol. The van der Waals surface area contributed by atoms with Gasteiger partial charge in [0.1, 0.15) is 19.3 Å². The number of hydrogen-bond acceptors (Lipinski definition) is 15. The number of unbranched alkanes of at least 4 members (excludes halogenated alkanes) is 42. The summed E-state index contributed by atoms with van der Waals surface area (Å²) in [7, 11) is -9.89. The van der Waals surface area contributed by atoms with E-state index in [2.05, 4.69) is 41.5 Å². The number of ether oxygens (including phenoxy) is 4. The summed E-state index contributed by atoms with van der Waals surface area (Å²) in [6, 6.07) is 0. The molecule has 2 unspecified atom stereocenters. The van der Waals surface area contributed by atoms with Crippen molar-refractivity contribution in [1.82, 2.24) is 0 Å². The van der Waals surface area contributed by atoms with Gasteiger partial charge in [-0.05, 0) is 37.5 Å². The van der Waals surface area contributed by atoms with E-state index in [4.69, 9.17) is 37.0 Å². The van der Waals surface area contributed by atoms with Crippen molar-refractivity contribution < 1.29 is 80.2 Å². The molecular weight excluding hydrogens is 1210 g/mol. The minimum Gasteiger partial charge on any atom is -0.462 e. The SMILES string of the molecule is CCCCCCCCCCCCCCCCCCCCCCCC(=O)O[C@H](COC(=O)CCCCCCCCCCCCCCCC(C)C)COP(=O)(O)OC[C@@H](O)COP(=O)(O)OC[C@@H](COC(=O)CCCCCCC)OC(=O)CCCCCCCCCC(C)C. The molecule has 5 atom stereocenters. The van der Waals surface area contributed by atoms with E-state index in [9.17, 15) is 43.2 Å². The minimum atomic E-state index is -4.95. The van der Waals surface area contributed by atoms with E-state index in [1.165, 1.54) is 186 Å².